The molecular weight excluding hydrogens is 402 g/mol. The first-order chi connectivity index (χ1) is 14.4. The molecule has 2 N–H and O–H groups in total. The van der Waals surface area contributed by atoms with Gasteiger partial charge in [0.15, 0.2) is 0 Å². The van der Waals surface area contributed by atoms with Gasteiger partial charge in [-0.05, 0) is 62.1 Å². The van der Waals surface area contributed by atoms with Crippen molar-refractivity contribution in [2.24, 2.45) is 0 Å². The maximum absolute atomic E-state index is 12.4. The number of hydrogen-bond donors (Lipinski definition) is 2. The number of para-hydroxylation sites is 1. The summed E-state index contributed by atoms with van der Waals surface area (Å²) in [5.74, 6) is 0.823. The fraction of sp³-hybridized carbons (Fsp3) is 0.318. The maximum Gasteiger partial charge on any atom is 0.259 e. The molecule has 0 unspecified atom stereocenters. The number of carbonyl (C=O) groups excluding carboxylic acids is 1. The molecule has 0 atom stereocenters. The van der Waals surface area contributed by atoms with Gasteiger partial charge in [0, 0.05) is 5.70 Å². The molecular formula is C22H27N3O4S. The van der Waals surface area contributed by atoms with Crippen LogP contribution in [0.3, 0.4) is 0 Å². The van der Waals surface area contributed by atoms with E-state index in [1.165, 1.54) is 6.42 Å². The van der Waals surface area contributed by atoms with E-state index in [0.717, 1.165) is 41.9 Å². The minimum Gasteiger partial charge on any atom is -0.457 e. The Labute approximate surface area is 177 Å². The molecule has 2 aromatic rings. The Bertz CT molecular complexity index is 973. The summed E-state index contributed by atoms with van der Waals surface area (Å²) in [4.78, 5) is 12.4. The van der Waals surface area contributed by atoms with Crippen LogP contribution >= 0.6 is 0 Å². The fourth-order valence-corrected chi connectivity index (χ4v) is 4.01. The molecule has 0 fully saturated rings. The van der Waals surface area contributed by atoms with Crippen molar-refractivity contribution in [3.63, 3.8) is 0 Å². The average molecular weight is 430 g/mol. The number of nitrogens with zero attached hydrogens (tertiary/aromatic N) is 1. The first-order valence-corrected chi connectivity index (χ1v) is 11.8. The van der Waals surface area contributed by atoms with Gasteiger partial charge in [0.25, 0.3) is 5.91 Å². The summed E-state index contributed by atoms with van der Waals surface area (Å²) in [6.07, 6.45) is 8.39. The van der Waals surface area contributed by atoms with E-state index in [1.54, 1.807) is 24.3 Å². The molecule has 0 spiro atoms. The van der Waals surface area contributed by atoms with Crippen LogP contribution in [0, 0.1) is 0 Å². The molecule has 1 aliphatic carbocycles. The predicted molar refractivity (Wildman–Crippen MR) is 118 cm³/mol. The molecule has 160 valence electrons. The SMILES string of the molecule is CS(=O)(=O)N(CC(=O)NNC1=CCCCCC1)c1ccc(Oc2ccccc2)cc1. The first kappa shape index (κ1) is 21.7. The van der Waals surface area contributed by atoms with Crippen LogP contribution in [0.1, 0.15) is 32.1 Å². The lowest BCUT2D eigenvalue weighted by molar-refractivity contribution is -0.120. The summed E-state index contributed by atoms with van der Waals surface area (Å²) in [7, 11) is -3.64. The summed E-state index contributed by atoms with van der Waals surface area (Å²) in [6, 6.07) is 15.9. The van der Waals surface area contributed by atoms with Crippen LogP contribution in [0.2, 0.25) is 0 Å². The Morgan fingerprint density at radius 2 is 1.70 bits per heavy atom. The lowest BCUT2D eigenvalue weighted by atomic mass is 10.2. The lowest BCUT2D eigenvalue weighted by Gasteiger charge is -2.22. The standard InChI is InChI=1S/C22H27N3O4S/c1-30(27,28)25(17-22(26)24-23-18-9-5-2-3-6-10-18)19-13-15-21(16-14-19)29-20-11-7-4-8-12-20/h4,7-9,11-16,23H,2-3,5-6,10,17H2,1H3,(H,24,26). The van der Waals surface area contributed by atoms with Crippen molar-refractivity contribution in [1.82, 2.24) is 10.9 Å². The molecule has 0 saturated heterocycles. The summed E-state index contributed by atoms with van der Waals surface area (Å²) in [5, 5.41) is 0. The zero-order valence-corrected chi connectivity index (χ0v) is 17.8. The Morgan fingerprint density at radius 3 is 2.40 bits per heavy atom. The van der Waals surface area contributed by atoms with Gasteiger partial charge in [-0.3, -0.25) is 14.5 Å². The number of anilines is 1. The van der Waals surface area contributed by atoms with Crippen molar-refractivity contribution in [2.45, 2.75) is 32.1 Å². The van der Waals surface area contributed by atoms with E-state index in [1.807, 2.05) is 30.3 Å². The van der Waals surface area contributed by atoms with Crippen LogP contribution in [-0.4, -0.2) is 27.1 Å². The Morgan fingerprint density at radius 1 is 1.00 bits per heavy atom. The zero-order valence-electron chi connectivity index (χ0n) is 17.0. The number of benzene rings is 2. The van der Waals surface area contributed by atoms with E-state index in [-0.39, 0.29) is 6.54 Å². The van der Waals surface area contributed by atoms with Gasteiger partial charge in [-0.25, -0.2) is 8.42 Å². The van der Waals surface area contributed by atoms with Gasteiger partial charge in [0.05, 0.1) is 11.9 Å². The van der Waals surface area contributed by atoms with Crippen LogP contribution in [0.25, 0.3) is 0 Å². The van der Waals surface area contributed by atoms with Crippen molar-refractivity contribution in [3.8, 4) is 11.5 Å². The third kappa shape index (κ3) is 6.52. The molecule has 1 amide bonds. The molecule has 30 heavy (non-hydrogen) atoms. The molecule has 0 aliphatic heterocycles. The van der Waals surface area contributed by atoms with Gasteiger partial charge in [0.2, 0.25) is 10.0 Å². The monoisotopic (exact) mass is 429 g/mol. The molecule has 3 rings (SSSR count). The number of hydrogen-bond acceptors (Lipinski definition) is 5. The Hall–Kier alpha value is -3.00. The first-order valence-electron chi connectivity index (χ1n) is 9.96. The van der Waals surface area contributed by atoms with Crippen molar-refractivity contribution in [3.05, 3.63) is 66.4 Å². The molecule has 0 radical (unpaired) electrons. The number of allylic oxidation sites excluding steroid dienone is 2. The minimum absolute atomic E-state index is 0.321. The summed E-state index contributed by atoms with van der Waals surface area (Å²) in [6.45, 7) is -0.321. The second kappa shape index (κ2) is 10.2. The fourth-order valence-electron chi connectivity index (χ4n) is 3.15. The summed E-state index contributed by atoms with van der Waals surface area (Å²) >= 11 is 0. The van der Waals surface area contributed by atoms with Crippen molar-refractivity contribution >= 4 is 21.6 Å². The van der Waals surface area contributed by atoms with Gasteiger partial charge < -0.3 is 10.2 Å². The van der Waals surface area contributed by atoms with Gasteiger partial charge in [-0.15, -0.1) is 0 Å². The second-order valence-electron chi connectivity index (χ2n) is 7.18. The molecule has 0 aromatic heterocycles. The van der Waals surface area contributed by atoms with Crippen LogP contribution < -0.4 is 19.9 Å². The highest BCUT2D eigenvalue weighted by Gasteiger charge is 2.21. The molecule has 0 heterocycles. The molecule has 7 nitrogen and oxygen atoms in total. The second-order valence-corrected chi connectivity index (χ2v) is 9.09. The van der Waals surface area contributed by atoms with Crippen molar-refractivity contribution < 1.29 is 17.9 Å². The van der Waals surface area contributed by atoms with Gasteiger partial charge >= 0.3 is 0 Å². The maximum atomic E-state index is 12.4. The third-order valence-electron chi connectivity index (χ3n) is 4.69. The smallest absolute Gasteiger partial charge is 0.259 e. The number of nitrogens with one attached hydrogen (secondary N) is 2. The van der Waals surface area contributed by atoms with Crippen molar-refractivity contribution in [1.29, 1.82) is 0 Å². The van der Waals surface area contributed by atoms with E-state index < -0.39 is 15.9 Å². The molecule has 8 heteroatoms. The summed E-state index contributed by atoms with van der Waals surface area (Å²) < 4.78 is 31.4. The number of hydrazine groups is 1. The molecule has 2 aromatic carbocycles. The zero-order chi connectivity index (χ0) is 21.4. The van der Waals surface area contributed by atoms with E-state index in [2.05, 4.69) is 16.9 Å². The molecule has 0 bridgehead atoms. The number of carbonyl (C=O) groups is 1. The molecule has 1 aliphatic rings. The third-order valence-corrected chi connectivity index (χ3v) is 5.84. The van der Waals surface area contributed by atoms with Crippen LogP contribution in [0.15, 0.2) is 66.4 Å². The quantitative estimate of drug-likeness (QED) is 0.625. The average Bonchev–Trinajstić information content (AvgIpc) is 3.00. The van der Waals surface area contributed by atoms with Gasteiger partial charge in [-0.1, -0.05) is 30.7 Å². The highest BCUT2D eigenvalue weighted by atomic mass is 32.2. The largest absolute Gasteiger partial charge is 0.457 e. The number of sulfonamides is 1. The number of rotatable bonds is 8. The Balaban J connectivity index is 1.64. The summed E-state index contributed by atoms with van der Waals surface area (Å²) in [5.41, 5.74) is 6.89. The van der Waals surface area contributed by atoms with Crippen LogP contribution in [-0.2, 0) is 14.8 Å². The van der Waals surface area contributed by atoms with E-state index in [4.69, 9.17) is 4.74 Å². The van der Waals surface area contributed by atoms with E-state index in [9.17, 15) is 13.2 Å². The van der Waals surface area contributed by atoms with E-state index in [0.29, 0.717) is 17.2 Å². The topological polar surface area (TPSA) is 87.7 Å². The van der Waals surface area contributed by atoms with Gasteiger partial charge in [-0.2, -0.15) is 0 Å². The normalized spacial score (nSPS) is 14.2. The highest BCUT2D eigenvalue weighted by Crippen LogP contribution is 2.25. The Kier molecular flexibility index (Phi) is 7.35. The number of amides is 1. The predicted octanol–water partition coefficient (Wildman–Crippen LogP) is 3.71. The lowest BCUT2D eigenvalue weighted by Crippen LogP contribution is -2.45. The van der Waals surface area contributed by atoms with Gasteiger partial charge in [0.1, 0.15) is 18.0 Å². The highest BCUT2D eigenvalue weighted by molar-refractivity contribution is 7.92. The van der Waals surface area contributed by atoms with Crippen LogP contribution in [0.5, 0.6) is 11.5 Å². The van der Waals surface area contributed by atoms with E-state index >= 15 is 0 Å². The van der Waals surface area contributed by atoms with Crippen LogP contribution in [0.4, 0.5) is 5.69 Å². The van der Waals surface area contributed by atoms with Crippen molar-refractivity contribution in [2.75, 3.05) is 17.1 Å². The number of ether oxygens (including phenoxy) is 1. The minimum atomic E-state index is -3.64. The molecule has 0 saturated carbocycles.